The van der Waals surface area contributed by atoms with Crippen LogP contribution in [0.4, 0.5) is 65.9 Å². The first kappa shape index (κ1) is 34.8. The quantitative estimate of drug-likeness (QED) is 0.0932. The second-order valence-corrected chi connectivity index (χ2v) is 8.58. The molecular formula is C25H17BF15N. The van der Waals surface area contributed by atoms with Crippen LogP contribution in [-0.4, -0.2) is 32.4 Å². The van der Waals surface area contributed by atoms with Gasteiger partial charge in [0.15, 0.2) is 69.8 Å². The van der Waals surface area contributed by atoms with Crippen molar-refractivity contribution in [3.05, 3.63) is 104 Å². The SMILES string of the molecule is BC(c1c(F)c(F)c(F)c(F)c1F)(c1c(F)c(F)c(F)c(F)c1F)c1c(F)c(F)c(F)c(F)c1F.CCN(CC)CC. The Morgan fingerprint density at radius 3 is 0.619 bits per heavy atom. The molecule has 0 saturated carbocycles. The molecule has 1 nitrogen and oxygen atoms in total. The summed E-state index contributed by atoms with van der Waals surface area (Å²) in [7, 11) is -0.276. The molecule has 3 aromatic carbocycles. The zero-order valence-electron chi connectivity index (χ0n) is 21.7. The molecule has 0 bridgehead atoms. The third kappa shape index (κ3) is 5.42. The fourth-order valence-corrected chi connectivity index (χ4v) is 4.18. The van der Waals surface area contributed by atoms with E-state index in [0.29, 0.717) is 0 Å². The maximum Gasteiger partial charge on any atom is 0.200 e. The predicted molar refractivity (Wildman–Crippen MR) is 121 cm³/mol. The average molecular weight is 627 g/mol. The van der Waals surface area contributed by atoms with Gasteiger partial charge in [0.05, 0.1) is 0 Å². The lowest BCUT2D eigenvalue weighted by atomic mass is 9.55. The van der Waals surface area contributed by atoms with Crippen molar-refractivity contribution in [2.45, 2.75) is 26.1 Å². The van der Waals surface area contributed by atoms with Crippen molar-refractivity contribution in [1.29, 1.82) is 0 Å². The Hall–Kier alpha value is -3.37. The minimum Gasteiger partial charge on any atom is -0.304 e. The first-order valence-corrected chi connectivity index (χ1v) is 11.7. The number of hydrogen-bond acceptors (Lipinski definition) is 1. The lowest BCUT2D eigenvalue weighted by Gasteiger charge is -2.34. The molecule has 230 valence electrons. The predicted octanol–water partition coefficient (Wildman–Crippen LogP) is 7.05. The van der Waals surface area contributed by atoms with Crippen LogP contribution in [0.1, 0.15) is 37.5 Å². The summed E-state index contributed by atoms with van der Waals surface area (Å²) in [6.07, 6.45) is 0. The summed E-state index contributed by atoms with van der Waals surface area (Å²) >= 11 is 0. The van der Waals surface area contributed by atoms with Crippen LogP contribution in [0, 0.1) is 87.3 Å². The van der Waals surface area contributed by atoms with E-state index in [1.807, 2.05) is 0 Å². The molecule has 0 heterocycles. The van der Waals surface area contributed by atoms with Crippen molar-refractivity contribution < 1.29 is 65.9 Å². The van der Waals surface area contributed by atoms with E-state index in [4.69, 9.17) is 0 Å². The molecule has 42 heavy (non-hydrogen) atoms. The molecule has 0 fully saturated rings. The summed E-state index contributed by atoms with van der Waals surface area (Å²) in [5.74, 6) is -45.4. The van der Waals surface area contributed by atoms with Crippen molar-refractivity contribution in [3.8, 4) is 0 Å². The second-order valence-electron chi connectivity index (χ2n) is 8.58. The van der Waals surface area contributed by atoms with Gasteiger partial charge >= 0.3 is 0 Å². The molecule has 0 N–H and O–H groups in total. The van der Waals surface area contributed by atoms with E-state index in [2.05, 4.69) is 25.7 Å². The fraction of sp³-hybridized carbons (Fsp3) is 0.280. The van der Waals surface area contributed by atoms with Crippen LogP contribution in [0.15, 0.2) is 0 Å². The van der Waals surface area contributed by atoms with E-state index in [9.17, 15) is 65.9 Å². The molecule has 0 radical (unpaired) electrons. The van der Waals surface area contributed by atoms with Crippen LogP contribution < -0.4 is 0 Å². The highest BCUT2D eigenvalue weighted by Crippen LogP contribution is 2.47. The Morgan fingerprint density at radius 1 is 0.357 bits per heavy atom. The van der Waals surface area contributed by atoms with Crippen LogP contribution in [0.3, 0.4) is 0 Å². The summed E-state index contributed by atoms with van der Waals surface area (Å²) in [6, 6.07) is 0. The average Bonchev–Trinajstić information content (AvgIpc) is 2.96. The van der Waals surface area contributed by atoms with Crippen LogP contribution in [0.2, 0.25) is 0 Å². The van der Waals surface area contributed by atoms with E-state index < -0.39 is 109 Å². The summed E-state index contributed by atoms with van der Waals surface area (Å²) < 4.78 is 211. The third-order valence-corrected chi connectivity index (χ3v) is 6.47. The normalized spacial score (nSPS) is 11.7. The Balaban J connectivity index is 0.000000782. The Morgan fingerprint density at radius 2 is 0.500 bits per heavy atom. The Bertz CT molecular complexity index is 1260. The monoisotopic (exact) mass is 627 g/mol. The summed E-state index contributed by atoms with van der Waals surface area (Å²) in [5.41, 5.74) is -8.08. The van der Waals surface area contributed by atoms with Crippen LogP contribution in [-0.2, 0) is 5.31 Å². The molecule has 0 atom stereocenters. The fourth-order valence-electron chi connectivity index (χ4n) is 4.18. The Kier molecular flexibility index (Phi) is 10.7. The summed E-state index contributed by atoms with van der Waals surface area (Å²) in [5, 5.41) is -4.45. The van der Waals surface area contributed by atoms with Gasteiger partial charge in [-0.15, -0.1) is 0 Å². The summed E-state index contributed by atoms with van der Waals surface area (Å²) in [4.78, 5) is 2.38. The smallest absolute Gasteiger partial charge is 0.200 e. The molecule has 17 heteroatoms. The number of rotatable bonds is 6. The zero-order valence-corrected chi connectivity index (χ0v) is 21.7. The maximum atomic E-state index is 14.6. The lowest BCUT2D eigenvalue weighted by molar-refractivity contribution is 0.321. The van der Waals surface area contributed by atoms with Crippen LogP contribution in [0.5, 0.6) is 0 Å². The third-order valence-electron chi connectivity index (χ3n) is 6.47. The minimum absolute atomic E-state index is 0.276. The van der Waals surface area contributed by atoms with Crippen molar-refractivity contribution in [2.24, 2.45) is 0 Å². The standard InChI is InChI=1S/C19H2BF15.C6H15N/c20-19(1-4(21)10(27)16(33)11(28)5(1)22,2-6(23)12(29)17(34)13(30)7(2)24)3-8(25)14(31)18(35)15(32)9(3)26;1-4-7(5-2)6-3/h20H2;4-6H2,1-3H3. The van der Waals surface area contributed by atoms with Gasteiger partial charge in [-0.05, 0) is 19.6 Å². The molecule has 0 amide bonds. The number of halogens is 15. The second kappa shape index (κ2) is 12.9. The maximum absolute atomic E-state index is 14.6. The van der Waals surface area contributed by atoms with Gasteiger partial charge in [0, 0.05) is 22.0 Å². The van der Waals surface area contributed by atoms with Gasteiger partial charge in [0.1, 0.15) is 7.85 Å². The summed E-state index contributed by atoms with van der Waals surface area (Å²) in [6.45, 7) is 10.1. The minimum atomic E-state index is -4.45. The van der Waals surface area contributed by atoms with E-state index in [1.54, 1.807) is 0 Å². The molecule has 0 aliphatic carbocycles. The van der Waals surface area contributed by atoms with Gasteiger partial charge < -0.3 is 4.90 Å². The van der Waals surface area contributed by atoms with Crippen molar-refractivity contribution in [3.63, 3.8) is 0 Å². The van der Waals surface area contributed by atoms with E-state index in [0.717, 1.165) is 0 Å². The largest absolute Gasteiger partial charge is 0.304 e. The van der Waals surface area contributed by atoms with E-state index in [-0.39, 0.29) is 7.85 Å². The number of benzene rings is 3. The van der Waals surface area contributed by atoms with Gasteiger partial charge in [0.25, 0.3) is 0 Å². The topological polar surface area (TPSA) is 3.24 Å². The van der Waals surface area contributed by atoms with Gasteiger partial charge in [-0.25, -0.2) is 65.9 Å². The van der Waals surface area contributed by atoms with Gasteiger partial charge in [-0.3, -0.25) is 0 Å². The van der Waals surface area contributed by atoms with E-state index in [1.165, 1.54) is 19.6 Å². The van der Waals surface area contributed by atoms with Crippen molar-refractivity contribution in [2.75, 3.05) is 19.6 Å². The lowest BCUT2D eigenvalue weighted by Crippen LogP contribution is -2.39. The molecule has 0 unspecified atom stereocenters. The molecule has 3 aromatic rings. The number of hydrogen-bond donors (Lipinski definition) is 0. The molecule has 0 aliphatic rings. The van der Waals surface area contributed by atoms with Gasteiger partial charge in [-0.2, -0.15) is 0 Å². The molecule has 0 aromatic heterocycles. The molecule has 3 rings (SSSR count). The van der Waals surface area contributed by atoms with E-state index >= 15 is 0 Å². The highest BCUT2D eigenvalue weighted by Gasteiger charge is 2.50. The van der Waals surface area contributed by atoms with Crippen LogP contribution >= 0.6 is 0 Å². The van der Waals surface area contributed by atoms with Crippen LogP contribution in [0.25, 0.3) is 0 Å². The van der Waals surface area contributed by atoms with Gasteiger partial charge in [0.2, 0.25) is 17.5 Å². The van der Waals surface area contributed by atoms with Crippen molar-refractivity contribution in [1.82, 2.24) is 4.90 Å². The van der Waals surface area contributed by atoms with Gasteiger partial charge in [-0.1, -0.05) is 20.8 Å². The molecule has 0 aliphatic heterocycles. The highest BCUT2D eigenvalue weighted by molar-refractivity contribution is 6.21. The molecule has 0 spiro atoms. The molecule has 0 saturated heterocycles. The zero-order chi connectivity index (χ0) is 32.6. The first-order valence-electron chi connectivity index (χ1n) is 11.7. The Labute approximate surface area is 229 Å². The first-order chi connectivity index (χ1) is 19.4. The van der Waals surface area contributed by atoms with Crippen molar-refractivity contribution >= 4 is 7.85 Å². The highest BCUT2D eigenvalue weighted by atomic mass is 19.2. The molecular weight excluding hydrogens is 610 g/mol. The number of nitrogens with zero attached hydrogens (tertiary/aromatic N) is 1.